The number of thioether (sulfide) groups is 1. The minimum absolute atomic E-state index is 0.133. The summed E-state index contributed by atoms with van der Waals surface area (Å²) in [6, 6.07) is 0. The van der Waals surface area contributed by atoms with Crippen LogP contribution in [0, 0.1) is 0 Å². The van der Waals surface area contributed by atoms with Crippen molar-refractivity contribution in [1.82, 2.24) is 0 Å². The summed E-state index contributed by atoms with van der Waals surface area (Å²) < 4.78 is 5.66. The van der Waals surface area contributed by atoms with Gasteiger partial charge in [-0.1, -0.05) is 53.2 Å². The largest absolute Gasteiger partial charge is 0.367 e. The number of hydrogen-bond acceptors (Lipinski definition) is 2. The molecule has 1 saturated heterocycles. The van der Waals surface area contributed by atoms with Gasteiger partial charge >= 0.3 is 0 Å². The fraction of sp³-hybridized carbons (Fsp3) is 0.615. The quantitative estimate of drug-likeness (QED) is 0.125. The monoisotopic (exact) mass is 402 g/mol. The van der Waals surface area contributed by atoms with E-state index in [0.717, 1.165) is 25.7 Å². The third-order valence-corrected chi connectivity index (χ3v) is 5.75. The summed E-state index contributed by atoms with van der Waals surface area (Å²) in [4.78, 5) is 0. The molecule has 0 spiro atoms. The summed E-state index contributed by atoms with van der Waals surface area (Å²) in [5.74, 6) is 0. The average molecular weight is 403 g/mol. The number of epoxide rings is 1. The predicted molar refractivity (Wildman–Crippen MR) is 129 cm³/mol. The molecule has 0 bridgehead atoms. The Bertz CT molecular complexity index is 590. The minimum Gasteiger partial charge on any atom is -0.367 e. The van der Waals surface area contributed by atoms with Crippen LogP contribution in [0.3, 0.4) is 0 Å². The van der Waals surface area contributed by atoms with Crippen molar-refractivity contribution in [3.8, 4) is 0 Å². The van der Waals surface area contributed by atoms with Crippen molar-refractivity contribution in [2.45, 2.75) is 97.7 Å². The van der Waals surface area contributed by atoms with E-state index in [4.69, 9.17) is 4.74 Å². The van der Waals surface area contributed by atoms with Gasteiger partial charge in [-0.2, -0.15) is 0 Å². The molecule has 0 N–H and O–H groups in total. The molecule has 1 rings (SSSR count). The molecule has 1 nitrogen and oxygen atoms in total. The SMILES string of the molecule is CS/C=C\C=C\CC/C(C)=C/CC/C=C(\C)CC/C=C(\C)CCC1OC1(C)C. The Labute approximate surface area is 179 Å². The summed E-state index contributed by atoms with van der Waals surface area (Å²) in [5.41, 5.74) is 4.67. The lowest BCUT2D eigenvalue weighted by Crippen LogP contribution is -2.02. The molecule has 0 aliphatic carbocycles. The van der Waals surface area contributed by atoms with Crippen LogP contribution in [0.15, 0.2) is 58.6 Å². The van der Waals surface area contributed by atoms with Crippen LogP contribution in [0.2, 0.25) is 0 Å². The molecule has 0 amide bonds. The summed E-state index contributed by atoms with van der Waals surface area (Å²) in [6.07, 6.45) is 25.6. The topological polar surface area (TPSA) is 12.5 Å². The van der Waals surface area contributed by atoms with Crippen LogP contribution in [0.4, 0.5) is 0 Å². The van der Waals surface area contributed by atoms with E-state index in [1.807, 2.05) is 0 Å². The zero-order chi connectivity index (χ0) is 20.8. The van der Waals surface area contributed by atoms with Crippen LogP contribution in [0.25, 0.3) is 0 Å². The van der Waals surface area contributed by atoms with Crippen molar-refractivity contribution < 1.29 is 4.74 Å². The standard InChI is InChI=1S/C26H42OS/c1-22(14-9-7-8-12-21-28-6)15-10-11-16-23(2)17-13-18-24(3)19-20-25-26(4,5)27-25/h7-8,12,15-16,18,21,25H,9-11,13-14,17,19-20H2,1-6H3/b8-7+,21-12-,22-15+,23-16+,24-18+. The van der Waals surface area contributed by atoms with E-state index in [0.29, 0.717) is 6.10 Å². The molecule has 0 aromatic heterocycles. The van der Waals surface area contributed by atoms with E-state index in [9.17, 15) is 0 Å². The number of unbranched alkanes of at least 4 members (excludes halogenated alkanes) is 1. The van der Waals surface area contributed by atoms with Crippen molar-refractivity contribution in [3.63, 3.8) is 0 Å². The molecule has 1 aliphatic rings. The van der Waals surface area contributed by atoms with E-state index < -0.39 is 0 Å². The Balaban J connectivity index is 2.12. The number of hydrogen-bond donors (Lipinski definition) is 0. The van der Waals surface area contributed by atoms with Gasteiger partial charge in [0.25, 0.3) is 0 Å². The molecule has 0 saturated carbocycles. The van der Waals surface area contributed by atoms with Crippen LogP contribution in [-0.2, 0) is 4.74 Å². The van der Waals surface area contributed by atoms with Gasteiger partial charge in [-0.25, -0.2) is 0 Å². The number of allylic oxidation sites excluding steroid dienone is 9. The summed E-state index contributed by atoms with van der Waals surface area (Å²) >= 11 is 1.74. The molecule has 158 valence electrons. The molecule has 28 heavy (non-hydrogen) atoms. The lowest BCUT2D eigenvalue weighted by Gasteiger charge is -2.02. The second-order valence-corrected chi connectivity index (χ2v) is 9.29. The van der Waals surface area contributed by atoms with E-state index >= 15 is 0 Å². The lowest BCUT2D eigenvalue weighted by atomic mass is 10.0. The van der Waals surface area contributed by atoms with E-state index in [1.165, 1.54) is 42.4 Å². The molecule has 1 heterocycles. The van der Waals surface area contributed by atoms with Gasteiger partial charge in [-0.3, -0.25) is 0 Å². The molecule has 1 aliphatic heterocycles. The highest BCUT2D eigenvalue weighted by Crippen LogP contribution is 2.38. The summed E-state index contributed by atoms with van der Waals surface area (Å²) in [5, 5.41) is 2.11. The highest BCUT2D eigenvalue weighted by Gasteiger charge is 2.46. The maximum Gasteiger partial charge on any atom is 0.0892 e. The fourth-order valence-electron chi connectivity index (χ4n) is 3.22. The van der Waals surface area contributed by atoms with Crippen LogP contribution in [0.1, 0.15) is 86.0 Å². The Hall–Kier alpha value is -0.990. The van der Waals surface area contributed by atoms with Gasteiger partial charge in [0.1, 0.15) is 0 Å². The molecular weight excluding hydrogens is 360 g/mol. The molecule has 1 unspecified atom stereocenters. The van der Waals surface area contributed by atoms with E-state index in [1.54, 1.807) is 11.8 Å². The second-order valence-electron chi connectivity index (χ2n) is 8.55. The normalized spacial score (nSPS) is 20.5. The van der Waals surface area contributed by atoms with Crippen LogP contribution in [-0.4, -0.2) is 18.0 Å². The summed E-state index contributed by atoms with van der Waals surface area (Å²) in [7, 11) is 0. The first-order chi connectivity index (χ1) is 13.3. The zero-order valence-corrected chi connectivity index (χ0v) is 19.9. The predicted octanol–water partition coefficient (Wildman–Crippen LogP) is 8.56. The maximum atomic E-state index is 5.66. The highest BCUT2D eigenvalue weighted by molar-refractivity contribution is 8.01. The molecule has 0 radical (unpaired) electrons. The Morgan fingerprint density at radius 2 is 1.36 bits per heavy atom. The van der Waals surface area contributed by atoms with Crippen molar-refractivity contribution in [2.24, 2.45) is 0 Å². The van der Waals surface area contributed by atoms with Gasteiger partial charge in [-0.05, 0) is 97.6 Å². The van der Waals surface area contributed by atoms with Gasteiger partial charge in [-0.15, -0.1) is 11.8 Å². The Kier molecular flexibility index (Phi) is 12.6. The van der Waals surface area contributed by atoms with Crippen LogP contribution >= 0.6 is 11.8 Å². The number of rotatable bonds is 14. The molecular formula is C26H42OS. The second kappa shape index (κ2) is 14.1. The van der Waals surface area contributed by atoms with Gasteiger partial charge in [0.15, 0.2) is 0 Å². The molecule has 0 aromatic carbocycles. The molecule has 1 fully saturated rings. The Morgan fingerprint density at radius 1 is 0.821 bits per heavy atom. The van der Waals surface area contributed by atoms with Crippen molar-refractivity contribution in [2.75, 3.05) is 6.26 Å². The van der Waals surface area contributed by atoms with Gasteiger partial charge < -0.3 is 4.74 Å². The first-order valence-corrected chi connectivity index (χ1v) is 12.1. The van der Waals surface area contributed by atoms with Crippen molar-refractivity contribution in [3.05, 3.63) is 58.6 Å². The van der Waals surface area contributed by atoms with E-state index in [2.05, 4.69) is 82.7 Å². The first kappa shape index (κ1) is 25.0. The lowest BCUT2D eigenvalue weighted by molar-refractivity contribution is 0.320. The first-order valence-electron chi connectivity index (χ1n) is 10.8. The van der Waals surface area contributed by atoms with E-state index in [-0.39, 0.29) is 5.60 Å². The van der Waals surface area contributed by atoms with Gasteiger partial charge in [0, 0.05) is 0 Å². The maximum absolute atomic E-state index is 5.66. The third kappa shape index (κ3) is 12.5. The fourth-order valence-corrected chi connectivity index (χ4v) is 3.47. The highest BCUT2D eigenvalue weighted by atomic mass is 32.2. The number of ether oxygens (including phenoxy) is 1. The van der Waals surface area contributed by atoms with Crippen LogP contribution < -0.4 is 0 Å². The van der Waals surface area contributed by atoms with Crippen molar-refractivity contribution in [1.29, 1.82) is 0 Å². The zero-order valence-electron chi connectivity index (χ0n) is 19.1. The van der Waals surface area contributed by atoms with Crippen LogP contribution in [0.5, 0.6) is 0 Å². The van der Waals surface area contributed by atoms with Gasteiger partial charge in [0.05, 0.1) is 11.7 Å². The summed E-state index contributed by atoms with van der Waals surface area (Å²) in [6.45, 7) is 11.2. The molecule has 2 heteroatoms. The smallest absolute Gasteiger partial charge is 0.0892 e. The minimum atomic E-state index is 0.133. The molecule has 0 aromatic rings. The average Bonchev–Trinajstić information content (AvgIpc) is 3.26. The van der Waals surface area contributed by atoms with Gasteiger partial charge in [0.2, 0.25) is 0 Å². The van der Waals surface area contributed by atoms with Crippen molar-refractivity contribution >= 4 is 11.8 Å². The third-order valence-electron chi connectivity index (χ3n) is 5.32. The molecule has 1 atom stereocenters. The Morgan fingerprint density at radius 3 is 1.93 bits per heavy atom.